The molecule has 1 aliphatic rings. The van der Waals surface area contributed by atoms with Crippen LogP contribution < -0.4 is 4.74 Å². The van der Waals surface area contributed by atoms with Crippen molar-refractivity contribution in [2.45, 2.75) is 12.8 Å². The number of ether oxygens (including phenoxy) is 2. The van der Waals surface area contributed by atoms with Gasteiger partial charge in [-0.05, 0) is 24.8 Å². The van der Waals surface area contributed by atoms with Crippen LogP contribution in [0.4, 0.5) is 0 Å². The predicted octanol–water partition coefficient (Wildman–Crippen LogP) is 1.59. The Morgan fingerprint density at radius 2 is 2.16 bits per heavy atom. The van der Waals surface area contributed by atoms with Crippen LogP contribution >= 0.6 is 0 Å². The highest BCUT2D eigenvalue weighted by Crippen LogP contribution is 2.16. The topological polar surface area (TPSA) is 51.7 Å². The molecule has 0 aromatic carbocycles. The van der Waals surface area contributed by atoms with Gasteiger partial charge in [0.1, 0.15) is 0 Å². The third-order valence-corrected chi connectivity index (χ3v) is 3.20. The molecule has 0 aliphatic carbocycles. The molecule has 0 radical (unpaired) electrons. The fourth-order valence-corrected chi connectivity index (χ4v) is 1.97. The summed E-state index contributed by atoms with van der Waals surface area (Å²) in [6.45, 7) is 2.30. The van der Waals surface area contributed by atoms with Gasteiger partial charge in [-0.25, -0.2) is 4.98 Å². The van der Waals surface area contributed by atoms with Gasteiger partial charge in [-0.1, -0.05) is 0 Å². The summed E-state index contributed by atoms with van der Waals surface area (Å²) in [4.78, 5) is 17.4. The summed E-state index contributed by atoms with van der Waals surface area (Å²) in [5.74, 6) is 1.06. The molecule has 1 aromatic heterocycles. The van der Waals surface area contributed by atoms with Gasteiger partial charge in [0.15, 0.2) is 0 Å². The molecule has 0 atom stereocenters. The lowest BCUT2D eigenvalue weighted by Crippen LogP contribution is -2.22. The molecule has 2 rings (SSSR count). The zero-order valence-electron chi connectivity index (χ0n) is 11.5. The zero-order chi connectivity index (χ0) is 13.7. The first-order valence-electron chi connectivity index (χ1n) is 6.55. The van der Waals surface area contributed by atoms with Crippen molar-refractivity contribution in [3.63, 3.8) is 0 Å². The summed E-state index contributed by atoms with van der Waals surface area (Å²) in [5, 5.41) is 0. The molecule has 2 heterocycles. The average Bonchev–Trinajstić information content (AvgIpc) is 2.46. The van der Waals surface area contributed by atoms with Crippen LogP contribution in [0.5, 0.6) is 5.88 Å². The number of aromatic nitrogens is 1. The van der Waals surface area contributed by atoms with Crippen molar-refractivity contribution in [2.24, 2.45) is 5.92 Å². The van der Waals surface area contributed by atoms with E-state index in [2.05, 4.69) is 4.98 Å². The summed E-state index contributed by atoms with van der Waals surface area (Å²) in [6, 6.07) is 3.49. The van der Waals surface area contributed by atoms with Gasteiger partial charge >= 0.3 is 0 Å². The van der Waals surface area contributed by atoms with Crippen molar-refractivity contribution < 1.29 is 14.3 Å². The highest BCUT2D eigenvalue weighted by atomic mass is 16.5. The van der Waals surface area contributed by atoms with E-state index in [1.54, 1.807) is 32.4 Å². The lowest BCUT2D eigenvalue weighted by atomic mass is 10.0. The van der Waals surface area contributed by atoms with Gasteiger partial charge in [0.05, 0.1) is 12.2 Å². The average molecular weight is 264 g/mol. The lowest BCUT2D eigenvalue weighted by molar-refractivity contribution is 0.0490. The Morgan fingerprint density at radius 1 is 1.42 bits per heavy atom. The van der Waals surface area contributed by atoms with E-state index in [1.807, 2.05) is 0 Å². The largest absolute Gasteiger partial charge is 0.477 e. The molecular weight excluding hydrogens is 244 g/mol. The predicted molar refractivity (Wildman–Crippen MR) is 71.3 cm³/mol. The molecule has 1 aromatic rings. The van der Waals surface area contributed by atoms with Gasteiger partial charge in [0, 0.05) is 39.6 Å². The van der Waals surface area contributed by atoms with Crippen LogP contribution in [0.15, 0.2) is 18.3 Å². The molecule has 0 unspecified atom stereocenters. The van der Waals surface area contributed by atoms with Crippen molar-refractivity contribution >= 4 is 5.91 Å². The quantitative estimate of drug-likeness (QED) is 0.828. The summed E-state index contributed by atoms with van der Waals surface area (Å²) in [6.07, 6.45) is 3.63. The first-order valence-corrected chi connectivity index (χ1v) is 6.55. The van der Waals surface area contributed by atoms with Crippen molar-refractivity contribution in [3.05, 3.63) is 23.9 Å². The molecule has 0 saturated carbocycles. The smallest absolute Gasteiger partial charge is 0.254 e. The second kappa shape index (κ2) is 6.52. The van der Waals surface area contributed by atoms with Crippen LogP contribution in [0.3, 0.4) is 0 Å². The number of pyridine rings is 1. The Bertz CT molecular complexity index is 411. The maximum atomic E-state index is 11.7. The second-order valence-electron chi connectivity index (χ2n) is 4.95. The summed E-state index contributed by atoms with van der Waals surface area (Å²) in [5.41, 5.74) is 0.573. The minimum atomic E-state index is -0.0523. The van der Waals surface area contributed by atoms with E-state index in [4.69, 9.17) is 9.47 Å². The van der Waals surface area contributed by atoms with Crippen LogP contribution in [0, 0.1) is 5.92 Å². The zero-order valence-corrected chi connectivity index (χ0v) is 11.5. The molecule has 1 saturated heterocycles. The molecule has 5 nitrogen and oxygen atoms in total. The van der Waals surface area contributed by atoms with E-state index in [0.29, 0.717) is 24.0 Å². The van der Waals surface area contributed by atoms with Crippen LogP contribution in [0.25, 0.3) is 0 Å². The standard InChI is InChI=1S/C14H20N2O3/c1-16(2)14(17)12-3-4-13(15-9-12)19-10-11-5-7-18-8-6-11/h3-4,9,11H,5-8,10H2,1-2H3. The molecule has 1 aliphatic heterocycles. The Hall–Kier alpha value is -1.62. The number of hydrogen-bond donors (Lipinski definition) is 0. The molecule has 5 heteroatoms. The van der Waals surface area contributed by atoms with E-state index in [1.165, 1.54) is 4.90 Å². The maximum absolute atomic E-state index is 11.7. The molecule has 19 heavy (non-hydrogen) atoms. The third kappa shape index (κ3) is 3.92. The fourth-order valence-electron chi connectivity index (χ4n) is 1.97. The van der Waals surface area contributed by atoms with Crippen LogP contribution in [-0.4, -0.2) is 49.7 Å². The molecule has 0 bridgehead atoms. The van der Waals surface area contributed by atoms with E-state index in [0.717, 1.165) is 26.1 Å². The van der Waals surface area contributed by atoms with Crippen molar-refractivity contribution in [3.8, 4) is 5.88 Å². The van der Waals surface area contributed by atoms with Gasteiger partial charge in [0.2, 0.25) is 5.88 Å². The van der Waals surface area contributed by atoms with Crippen LogP contribution in [-0.2, 0) is 4.74 Å². The molecule has 104 valence electrons. The summed E-state index contributed by atoms with van der Waals surface area (Å²) in [7, 11) is 3.44. The second-order valence-corrected chi connectivity index (χ2v) is 4.95. The minimum Gasteiger partial charge on any atom is -0.477 e. The number of carbonyl (C=O) groups excluding carboxylic acids is 1. The van der Waals surface area contributed by atoms with E-state index in [9.17, 15) is 4.79 Å². The molecule has 1 amide bonds. The number of nitrogens with zero attached hydrogens (tertiary/aromatic N) is 2. The fraction of sp³-hybridized carbons (Fsp3) is 0.571. The van der Waals surface area contributed by atoms with Crippen molar-refractivity contribution in [1.29, 1.82) is 0 Å². The summed E-state index contributed by atoms with van der Waals surface area (Å²) < 4.78 is 11.0. The van der Waals surface area contributed by atoms with Gasteiger partial charge in [-0.3, -0.25) is 4.79 Å². The minimum absolute atomic E-state index is 0.0523. The summed E-state index contributed by atoms with van der Waals surface area (Å²) >= 11 is 0. The SMILES string of the molecule is CN(C)C(=O)c1ccc(OCC2CCOCC2)nc1. The highest BCUT2D eigenvalue weighted by Gasteiger charge is 2.15. The van der Waals surface area contributed by atoms with Gasteiger partial charge in [-0.15, -0.1) is 0 Å². The van der Waals surface area contributed by atoms with Gasteiger partial charge < -0.3 is 14.4 Å². The number of carbonyl (C=O) groups is 1. The molecule has 1 fully saturated rings. The first kappa shape index (κ1) is 13.8. The van der Waals surface area contributed by atoms with Crippen LogP contribution in [0.2, 0.25) is 0 Å². The Kier molecular flexibility index (Phi) is 4.74. The van der Waals surface area contributed by atoms with E-state index >= 15 is 0 Å². The Morgan fingerprint density at radius 3 is 2.74 bits per heavy atom. The number of amides is 1. The lowest BCUT2D eigenvalue weighted by Gasteiger charge is -2.21. The van der Waals surface area contributed by atoms with Crippen molar-refractivity contribution in [2.75, 3.05) is 33.9 Å². The Balaban J connectivity index is 1.86. The number of hydrogen-bond acceptors (Lipinski definition) is 4. The maximum Gasteiger partial charge on any atom is 0.254 e. The normalized spacial score (nSPS) is 16.1. The van der Waals surface area contributed by atoms with Gasteiger partial charge in [0.25, 0.3) is 5.91 Å². The monoisotopic (exact) mass is 264 g/mol. The first-order chi connectivity index (χ1) is 9.16. The molecule has 0 N–H and O–H groups in total. The Labute approximate surface area is 113 Å². The highest BCUT2D eigenvalue weighted by molar-refractivity contribution is 5.93. The van der Waals surface area contributed by atoms with E-state index in [-0.39, 0.29) is 5.91 Å². The third-order valence-electron chi connectivity index (χ3n) is 3.20. The van der Waals surface area contributed by atoms with E-state index < -0.39 is 0 Å². The molecular formula is C14H20N2O3. The van der Waals surface area contributed by atoms with Crippen LogP contribution in [0.1, 0.15) is 23.2 Å². The number of rotatable bonds is 4. The van der Waals surface area contributed by atoms with Gasteiger partial charge in [-0.2, -0.15) is 0 Å². The van der Waals surface area contributed by atoms with Crippen molar-refractivity contribution in [1.82, 2.24) is 9.88 Å². The molecule has 0 spiro atoms.